The fraction of sp³-hybridized carbons (Fsp3) is 0.200. The minimum atomic E-state index is 0.746. The van der Waals surface area contributed by atoms with Crippen LogP contribution >= 0.6 is 11.3 Å². The molecular formula is C15H15N3OS. The van der Waals surface area contributed by atoms with E-state index in [4.69, 9.17) is 4.52 Å². The molecule has 0 saturated carbocycles. The van der Waals surface area contributed by atoms with Crippen LogP contribution in [0.3, 0.4) is 0 Å². The van der Waals surface area contributed by atoms with Crippen molar-refractivity contribution in [2.75, 3.05) is 7.05 Å². The smallest absolute Gasteiger partial charge is 0.167 e. The second kappa shape index (κ2) is 5.98. The number of hydrogen-bond donors (Lipinski definition) is 0. The van der Waals surface area contributed by atoms with Gasteiger partial charge in [0.25, 0.3) is 0 Å². The Hall–Kier alpha value is -1.98. The molecule has 102 valence electrons. The van der Waals surface area contributed by atoms with Gasteiger partial charge in [-0.15, -0.1) is 11.3 Å². The van der Waals surface area contributed by atoms with Gasteiger partial charge in [0.05, 0.1) is 12.2 Å². The minimum Gasteiger partial charge on any atom is -0.356 e. The van der Waals surface area contributed by atoms with Crippen molar-refractivity contribution in [1.29, 1.82) is 0 Å². The van der Waals surface area contributed by atoms with Crippen molar-refractivity contribution < 1.29 is 4.52 Å². The van der Waals surface area contributed by atoms with E-state index in [1.54, 1.807) is 11.3 Å². The minimum absolute atomic E-state index is 0.746. The maximum Gasteiger partial charge on any atom is 0.167 e. The van der Waals surface area contributed by atoms with Crippen LogP contribution in [0, 0.1) is 0 Å². The maximum atomic E-state index is 5.40. The average Bonchev–Trinajstić information content (AvgIpc) is 3.11. The van der Waals surface area contributed by atoms with E-state index in [9.17, 15) is 0 Å². The Bertz CT molecular complexity index is 649. The number of rotatable bonds is 5. The predicted octanol–water partition coefficient (Wildman–Crippen LogP) is 3.43. The Morgan fingerprint density at radius 2 is 2.05 bits per heavy atom. The molecule has 3 aromatic rings. The third-order valence-electron chi connectivity index (χ3n) is 2.94. The summed E-state index contributed by atoms with van der Waals surface area (Å²) in [6.45, 7) is 1.57. The Labute approximate surface area is 121 Å². The summed E-state index contributed by atoms with van der Waals surface area (Å²) < 4.78 is 5.40. The Morgan fingerprint density at radius 3 is 2.80 bits per heavy atom. The summed E-state index contributed by atoms with van der Waals surface area (Å²) >= 11 is 1.67. The van der Waals surface area contributed by atoms with Crippen LogP contribution in [0.2, 0.25) is 0 Å². The summed E-state index contributed by atoms with van der Waals surface area (Å²) in [4.78, 5) is 6.46. The number of nitrogens with zero attached hydrogens (tertiary/aromatic N) is 3. The van der Waals surface area contributed by atoms with E-state index in [1.165, 1.54) is 0 Å². The summed E-state index contributed by atoms with van der Waals surface area (Å²) in [5.41, 5.74) is 1.98. The van der Waals surface area contributed by atoms with Crippen LogP contribution in [0.15, 0.2) is 52.5 Å². The Balaban J connectivity index is 1.65. The van der Waals surface area contributed by atoms with Crippen LogP contribution in [0.25, 0.3) is 11.3 Å². The highest BCUT2D eigenvalue weighted by Gasteiger charge is 2.09. The van der Waals surface area contributed by atoms with E-state index in [0.29, 0.717) is 0 Å². The Morgan fingerprint density at radius 1 is 1.20 bits per heavy atom. The molecule has 4 nitrogen and oxygen atoms in total. The standard InChI is InChI=1S/C15H15N3OS/c1-18(11-15-16-7-8-20-15)10-13-9-14(19-17-13)12-5-3-2-4-6-12/h2-9H,10-11H2,1H3. The number of benzene rings is 1. The van der Waals surface area contributed by atoms with Gasteiger partial charge in [-0.1, -0.05) is 35.5 Å². The van der Waals surface area contributed by atoms with Crippen molar-refractivity contribution in [2.24, 2.45) is 0 Å². The van der Waals surface area contributed by atoms with Gasteiger partial charge in [-0.3, -0.25) is 4.90 Å². The van der Waals surface area contributed by atoms with Gasteiger partial charge in [0.15, 0.2) is 5.76 Å². The molecule has 3 rings (SSSR count). The first-order chi connectivity index (χ1) is 9.81. The second-order valence-electron chi connectivity index (χ2n) is 4.65. The number of aromatic nitrogens is 2. The quantitative estimate of drug-likeness (QED) is 0.720. The van der Waals surface area contributed by atoms with Crippen LogP contribution in [0.5, 0.6) is 0 Å². The van der Waals surface area contributed by atoms with Gasteiger partial charge in [-0.2, -0.15) is 0 Å². The first kappa shape index (κ1) is 13.0. The van der Waals surface area contributed by atoms with Gasteiger partial charge < -0.3 is 4.52 Å². The van der Waals surface area contributed by atoms with Crippen molar-refractivity contribution >= 4 is 11.3 Å². The lowest BCUT2D eigenvalue weighted by Crippen LogP contribution is -2.17. The van der Waals surface area contributed by atoms with Gasteiger partial charge in [0, 0.05) is 29.8 Å². The molecule has 1 aromatic carbocycles. The molecule has 0 N–H and O–H groups in total. The van der Waals surface area contributed by atoms with Gasteiger partial charge in [-0.25, -0.2) is 4.98 Å². The highest BCUT2D eigenvalue weighted by atomic mass is 32.1. The molecule has 0 aliphatic rings. The molecule has 0 fully saturated rings. The van der Waals surface area contributed by atoms with Gasteiger partial charge in [0.2, 0.25) is 0 Å². The summed E-state index contributed by atoms with van der Waals surface area (Å²) in [5, 5.41) is 7.23. The average molecular weight is 285 g/mol. The molecule has 0 unspecified atom stereocenters. The van der Waals surface area contributed by atoms with Gasteiger partial charge in [0.1, 0.15) is 5.01 Å². The molecule has 0 saturated heterocycles. The fourth-order valence-electron chi connectivity index (χ4n) is 2.02. The monoisotopic (exact) mass is 285 g/mol. The predicted molar refractivity (Wildman–Crippen MR) is 79.2 cm³/mol. The SMILES string of the molecule is CN(Cc1cc(-c2ccccc2)on1)Cc1nccs1. The van der Waals surface area contributed by atoms with E-state index in [-0.39, 0.29) is 0 Å². The molecule has 2 heterocycles. The zero-order valence-electron chi connectivity index (χ0n) is 11.2. The van der Waals surface area contributed by atoms with E-state index in [0.717, 1.165) is 35.1 Å². The Kier molecular flexibility index (Phi) is 3.90. The summed E-state index contributed by atoms with van der Waals surface area (Å²) in [7, 11) is 2.05. The summed E-state index contributed by atoms with van der Waals surface area (Å²) in [6.07, 6.45) is 1.83. The summed E-state index contributed by atoms with van der Waals surface area (Å²) in [5.74, 6) is 0.809. The largest absolute Gasteiger partial charge is 0.356 e. The molecule has 0 spiro atoms. The highest BCUT2D eigenvalue weighted by molar-refractivity contribution is 7.09. The lowest BCUT2D eigenvalue weighted by atomic mass is 10.1. The zero-order chi connectivity index (χ0) is 13.8. The lowest BCUT2D eigenvalue weighted by molar-refractivity contribution is 0.304. The van der Waals surface area contributed by atoms with Crippen molar-refractivity contribution in [3.63, 3.8) is 0 Å². The second-order valence-corrected chi connectivity index (χ2v) is 5.63. The van der Waals surface area contributed by atoms with E-state index >= 15 is 0 Å². The van der Waals surface area contributed by atoms with E-state index in [1.807, 2.05) is 48.0 Å². The van der Waals surface area contributed by atoms with Gasteiger partial charge >= 0.3 is 0 Å². The molecule has 2 aromatic heterocycles. The normalized spacial score (nSPS) is 11.1. The van der Waals surface area contributed by atoms with Crippen molar-refractivity contribution in [1.82, 2.24) is 15.0 Å². The molecule has 0 radical (unpaired) electrons. The van der Waals surface area contributed by atoms with Crippen LogP contribution in [0.4, 0.5) is 0 Å². The third kappa shape index (κ3) is 3.12. The fourth-order valence-corrected chi connectivity index (χ4v) is 2.71. The molecule has 5 heteroatoms. The molecule has 20 heavy (non-hydrogen) atoms. The summed E-state index contributed by atoms with van der Waals surface area (Å²) in [6, 6.07) is 12.0. The molecule has 0 aliphatic heterocycles. The molecular weight excluding hydrogens is 270 g/mol. The topological polar surface area (TPSA) is 42.2 Å². The van der Waals surface area contributed by atoms with Crippen LogP contribution < -0.4 is 0 Å². The molecule has 0 aliphatic carbocycles. The van der Waals surface area contributed by atoms with Gasteiger partial charge in [-0.05, 0) is 7.05 Å². The number of thiazole rings is 1. The van der Waals surface area contributed by atoms with Crippen LogP contribution in [-0.4, -0.2) is 22.1 Å². The van der Waals surface area contributed by atoms with Crippen molar-refractivity contribution in [3.05, 3.63) is 58.7 Å². The highest BCUT2D eigenvalue weighted by Crippen LogP contribution is 2.20. The van der Waals surface area contributed by atoms with Crippen LogP contribution in [-0.2, 0) is 13.1 Å². The first-order valence-electron chi connectivity index (χ1n) is 6.39. The van der Waals surface area contributed by atoms with E-state index < -0.39 is 0 Å². The lowest BCUT2D eigenvalue weighted by Gasteiger charge is -2.12. The van der Waals surface area contributed by atoms with Crippen LogP contribution in [0.1, 0.15) is 10.7 Å². The third-order valence-corrected chi connectivity index (χ3v) is 3.70. The maximum absolute atomic E-state index is 5.40. The zero-order valence-corrected chi connectivity index (χ0v) is 12.0. The van der Waals surface area contributed by atoms with Crippen molar-refractivity contribution in [3.8, 4) is 11.3 Å². The first-order valence-corrected chi connectivity index (χ1v) is 7.27. The van der Waals surface area contributed by atoms with Crippen molar-refractivity contribution in [2.45, 2.75) is 13.1 Å². The number of hydrogen-bond acceptors (Lipinski definition) is 5. The van der Waals surface area contributed by atoms with E-state index in [2.05, 4.69) is 22.1 Å². The molecule has 0 amide bonds. The molecule has 0 atom stereocenters. The molecule has 0 bridgehead atoms.